The first-order valence-electron chi connectivity index (χ1n) is 7.34. The highest BCUT2D eigenvalue weighted by molar-refractivity contribution is 5.80. The Kier molecular flexibility index (Phi) is 5.43. The van der Waals surface area contributed by atoms with E-state index in [9.17, 15) is 9.18 Å². The number of hydrogen-bond donors (Lipinski definition) is 0. The molecule has 0 heterocycles. The molecule has 22 heavy (non-hydrogen) atoms. The number of nitriles is 1. The molecule has 0 aliphatic rings. The van der Waals surface area contributed by atoms with E-state index in [1.807, 2.05) is 19.1 Å². The number of aryl methyl sites for hydroxylation is 2. The Labute approximate surface area is 130 Å². The van der Waals surface area contributed by atoms with Gasteiger partial charge in [0, 0.05) is 12.8 Å². The predicted molar refractivity (Wildman–Crippen MR) is 83.9 cm³/mol. The van der Waals surface area contributed by atoms with Crippen molar-refractivity contribution in [3.63, 3.8) is 0 Å². The zero-order valence-corrected chi connectivity index (χ0v) is 12.6. The SMILES string of the molecule is Cc1cc(CC(=O)CCCc2ccc(F)cc2)ccc1C#N. The fourth-order valence-corrected chi connectivity index (χ4v) is 2.42. The van der Waals surface area contributed by atoms with Crippen molar-refractivity contribution >= 4 is 5.78 Å². The van der Waals surface area contributed by atoms with Gasteiger partial charge in [-0.25, -0.2) is 4.39 Å². The third-order valence-electron chi connectivity index (χ3n) is 3.65. The molecule has 0 radical (unpaired) electrons. The van der Waals surface area contributed by atoms with E-state index in [1.165, 1.54) is 12.1 Å². The number of halogens is 1. The quantitative estimate of drug-likeness (QED) is 0.803. The van der Waals surface area contributed by atoms with Gasteiger partial charge in [0.2, 0.25) is 0 Å². The Hall–Kier alpha value is -2.47. The number of carbonyl (C=O) groups excluding carboxylic acids is 1. The molecular weight excluding hydrogens is 277 g/mol. The van der Waals surface area contributed by atoms with Gasteiger partial charge in [0.05, 0.1) is 11.6 Å². The van der Waals surface area contributed by atoms with Crippen molar-refractivity contribution < 1.29 is 9.18 Å². The van der Waals surface area contributed by atoms with Gasteiger partial charge < -0.3 is 0 Å². The summed E-state index contributed by atoms with van der Waals surface area (Å²) >= 11 is 0. The lowest BCUT2D eigenvalue weighted by atomic mass is 9.99. The van der Waals surface area contributed by atoms with Crippen LogP contribution in [0, 0.1) is 24.1 Å². The van der Waals surface area contributed by atoms with E-state index >= 15 is 0 Å². The first kappa shape index (κ1) is 15.9. The van der Waals surface area contributed by atoms with Gasteiger partial charge in [0.25, 0.3) is 0 Å². The predicted octanol–water partition coefficient (Wildman–Crippen LogP) is 4.14. The molecule has 0 bridgehead atoms. The van der Waals surface area contributed by atoms with Crippen molar-refractivity contribution in [1.29, 1.82) is 5.26 Å². The standard InChI is InChI=1S/C19H18FNO/c1-14-11-16(5-8-17(14)13-21)12-19(22)4-2-3-15-6-9-18(20)10-7-15/h5-11H,2-4,12H2,1H3. The molecule has 0 saturated carbocycles. The zero-order valence-electron chi connectivity index (χ0n) is 12.6. The highest BCUT2D eigenvalue weighted by atomic mass is 19.1. The van der Waals surface area contributed by atoms with E-state index in [-0.39, 0.29) is 11.6 Å². The summed E-state index contributed by atoms with van der Waals surface area (Å²) in [7, 11) is 0. The Morgan fingerprint density at radius 3 is 2.45 bits per heavy atom. The van der Waals surface area contributed by atoms with Crippen molar-refractivity contribution in [2.24, 2.45) is 0 Å². The van der Waals surface area contributed by atoms with Gasteiger partial charge in [-0.3, -0.25) is 4.79 Å². The molecule has 0 saturated heterocycles. The third kappa shape index (κ3) is 4.53. The number of hydrogen-bond acceptors (Lipinski definition) is 2. The summed E-state index contributed by atoms with van der Waals surface area (Å²) in [6, 6.07) is 14.0. The van der Waals surface area contributed by atoms with Crippen LogP contribution >= 0.6 is 0 Å². The maximum atomic E-state index is 12.8. The fraction of sp³-hybridized carbons (Fsp3) is 0.263. The molecule has 0 aliphatic carbocycles. The average Bonchev–Trinajstić information content (AvgIpc) is 2.49. The summed E-state index contributed by atoms with van der Waals surface area (Å²) in [5, 5.41) is 8.89. The van der Waals surface area contributed by atoms with Crippen LogP contribution in [0.5, 0.6) is 0 Å². The Balaban J connectivity index is 1.82. The molecule has 0 unspecified atom stereocenters. The van der Waals surface area contributed by atoms with Gasteiger partial charge in [-0.05, 0) is 54.7 Å². The van der Waals surface area contributed by atoms with E-state index in [1.54, 1.807) is 18.2 Å². The molecule has 3 heteroatoms. The summed E-state index contributed by atoms with van der Waals surface area (Å²) in [6.45, 7) is 1.88. The van der Waals surface area contributed by atoms with Crippen LogP contribution < -0.4 is 0 Å². The second-order valence-corrected chi connectivity index (χ2v) is 5.46. The smallest absolute Gasteiger partial charge is 0.137 e. The van der Waals surface area contributed by atoms with E-state index in [0.29, 0.717) is 18.4 Å². The van der Waals surface area contributed by atoms with Crippen LogP contribution in [-0.4, -0.2) is 5.78 Å². The molecule has 2 rings (SSSR count). The van der Waals surface area contributed by atoms with Gasteiger partial charge in [-0.2, -0.15) is 5.26 Å². The van der Waals surface area contributed by atoms with Crippen LogP contribution in [0.2, 0.25) is 0 Å². The molecule has 2 aromatic rings. The maximum absolute atomic E-state index is 12.8. The van der Waals surface area contributed by atoms with Crippen molar-refractivity contribution in [2.45, 2.75) is 32.6 Å². The summed E-state index contributed by atoms with van der Waals surface area (Å²) in [5.41, 5.74) is 3.54. The number of Topliss-reactive ketones (excluding diaryl/α,β-unsaturated/α-hetero) is 1. The van der Waals surface area contributed by atoms with Gasteiger partial charge >= 0.3 is 0 Å². The topological polar surface area (TPSA) is 40.9 Å². The Bertz CT molecular complexity index is 698. The molecule has 0 N–H and O–H groups in total. The lowest BCUT2D eigenvalue weighted by Crippen LogP contribution is -2.04. The molecular formula is C19H18FNO. The number of nitrogens with zero attached hydrogens (tertiary/aromatic N) is 1. The molecule has 0 amide bonds. The molecule has 0 spiro atoms. The summed E-state index contributed by atoms with van der Waals surface area (Å²) < 4.78 is 12.8. The van der Waals surface area contributed by atoms with Crippen molar-refractivity contribution in [3.05, 3.63) is 70.5 Å². The second-order valence-electron chi connectivity index (χ2n) is 5.46. The first-order chi connectivity index (χ1) is 10.6. The minimum Gasteiger partial charge on any atom is -0.299 e. The normalized spacial score (nSPS) is 10.2. The van der Waals surface area contributed by atoms with Crippen molar-refractivity contribution in [1.82, 2.24) is 0 Å². The van der Waals surface area contributed by atoms with Gasteiger partial charge in [0.1, 0.15) is 11.6 Å². The zero-order chi connectivity index (χ0) is 15.9. The first-order valence-corrected chi connectivity index (χ1v) is 7.34. The van der Waals surface area contributed by atoms with Crippen LogP contribution in [0.1, 0.15) is 35.1 Å². The van der Waals surface area contributed by atoms with E-state index in [0.717, 1.165) is 29.5 Å². The monoisotopic (exact) mass is 295 g/mol. The van der Waals surface area contributed by atoms with Crippen molar-refractivity contribution in [3.8, 4) is 6.07 Å². The lowest BCUT2D eigenvalue weighted by Gasteiger charge is -2.04. The van der Waals surface area contributed by atoms with E-state index in [4.69, 9.17) is 5.26 Å². The summed E-state index contributed by atoms with van der Waals surface area (Å²) in [4.78, 5) is 12.0. The lowest BCUT2D eigenvalue weighted by molar-refractivity contribution is -0.118. The molecule has 2 nitrogen and oxygen atoms in total. The molecule has 0 fully saturated rings. The second kappa shape index (κ2) is 7.51. The van der Waals surface area contributed by atoms with E-state index in [2.05, 4.69) is 6.07 Å². The summed E-state index contributed by atoms with van der Waals surface area (Å²) in [6.07, 6.45) is 2.45. The maximum Gasteiger partial charge on any atom is 0.137 e. The largest absolute Gasteiger partial charge is 0.299 e. The van der Waals surface area contributed by atoms with Crippen LogP contribution in [0.3, 0.4) is 0 Å². The van der Waals surface area contributed by atoms with Gasteiger partial charge in [-0.1, -0.05) is 24.3 Å². The number of benzene rings is 2. The van der Waals surface area contributed by atoms with Gasteiger partial charge in [-0.15, -0.1) is 0 Å². The summed E-state index contributed by atoms with van der Waals surface area (Å²) in [5.74, 6) is -0.0535. The average molecular weight is 295 g/mol. The Morgan fingerprint density at radius 2 is 1.82 bits per heavy atom. The Morgan fingerprint density at radius 1 is 1.14 bits per heavy atom. The van der Waals surface area contributed by atoms with Crippen LogP contribution in [0.25, 0.3) is 0 Å². The molecule has 0 atom stereocenters. The van der Waals surface area contributed by atoms with Crippen LogP contribution in [-0.2, 0) is 17.6 Å². The number of ketones is 1. The minimum absolute atomic E-state index is 0.186. The van der Waals surface area contributed by atoms with E-state index < -0.39 is 0 Å². The molecule has 2 aromatic carbocycles. The number of carbonyl (C=O) groups is 1. The van der Waals surface area contributed by atoms with Crippen LogP contribution in [0.4, 0.5) is 4.39 Å². The highest BCUT2D eigenvalue weighted by Crippen LogP contribution is 2.13. The minimum atomic E-state index is -0.240. The van der Waals surface area contributed by atoms with Crippen molar-refractivity contribution in [2.75, 3.05) is 0 Å². The highest BCUT2D eigenvalue weighted by Gasteiger charge is 2.06. The number of rotatable bonds is 6. The van der Waals surface area contributed by atoms with Gasteiger partial charge in [0.15, 0.2) is 0 Å². The molecule has 0 aliphatic heterocycles. The molecule has 112 valence electrons. The van der Waals surface area contributed by atoms with Crippen LogP contribution in [0.15, 0.2) is 42.5 Å². The molecule has 0 aromatic heterocycles. The fourth-order valence-electron chi connectivity index (χ4n) is 2.42. The third-order valence-corrected chi connectivity index (χ3v) is 3.65.